The Hall–Kier alpha value is -3.26. The predicted molar refractivity (Wildman–Crippen MR) is 122 cm³/mol. The van der Waals surface area contributed by atoms with Gasteiger partial charge in [0.05, 0.1) is 13.2 Å². The molecule has 0 saturated carbocycles. The number of nitrogens with zero attached hydrogens (tertiary/aromatic N) is 7. The van der Waals surface area contributed by atoms with E-state index in [-0.39, 0.29) is 0 Å². The molecule has 0 aliphatic carbocycles. The number of hydrogen-bond donors (Lipinski definition) is 0. The average Bonchev–Trinajstić information content (AvgIpc) is 2.85. The Labute approximate surface area is 182 Å². The minimum absolute atomic E-state index is 0.698. The van der Waals surface area contributed by atoms with Crippen LogP contribution in [0.15, 0.2) is 48.7 Å². The highest BCUT2D eigenvalue weighted by Gasteiger charge is 2.23. The molecule has 31 heavy (non-hydrogen) atoms. The molecule has 0 amide bonds. The van der Waals surface area contributed by atoms with Crippen molar-refractivity contribution < 1.29 is 4.74 Å². The Balaban J connectivity index is 1.43. The van der Waals surface area contributed by atoms with Crippen LogP contribution in [0.2, 0.25) is 0 Å². The lowest BCUT2D eigenvalue weighted by Crippen LogP contribution is -2.47. The summed E-state index contributed by atoms with van der Waals surface area (Å²) < 4.78 is 5.52. The second kappa shape index (κ2) is 8.85. The molecule has 4 heterocycles. The van der Waals surface area contributed by atoms with E-state index >= 15 is 0 Å². The molecular formula is C23H27N7O. The van der Waals surface area contributed by atoms with Crippen LogP contribution in [0.25, 0.3) is 11.4 Å². The molecule has 1 aromatic carbocycles. The van der Waals surface area contributed by atoms with Gasteiger partial charge in [-0.1, -0.05) is 29.8 Å². The molecule has 5 rings (SSSR count). The zero-order valence-corrected chi connectivity index (χ0v) is 17.8. The van der Waals surface area contributed by atoms with Crippen molar-refractivity contribution in [3.8, 4) is 11.4 Å². The molecule has 3 aromatic rings. The van der Waals surface area contributed by atoms with Gasteiger partial charge in [-0.05, 0) is 25.1 Å². The highest BCUT2D eigenvalue weighted by atomic mass is 16.5. The molecule has 0 unspecified atom stereocenters. The molecule has 160 valence electrons. The molecule has 8 heteroatoms. The maximum absolute atomic E-state index is 5.52. The van der Waals surface area contributed by atoms with Gasteiger partial charge in [0.15, 0.2) is 5.82 Å². The van der Waals surface area contributed by atoms with E-state index in [1.54, 1.807) is 0 Å². The molecule has 2 aliphatic rings. The third-order valence-corrected chi connectivity index (χ3v) is 5.72. The third-order valence-electron chi connectivity index (χ3n) is 5.72. The van der Waals surface area contributed by atoms with E-state index in [1.807, 2.05) is 24.4 Å². The zero-order valence-electron chi connectivity index (χ0n) is 17.8. The Bertz CT molecular complexity index is 1020. The van der Waals surface area contributed by atoms with Gasteiger partial charge in [0.1, 0.15) is 5.82 Å². The monoisotopic (exact) mass is 417 g/mol. The van der Waals surface area contributed by atoms with Crippen molar-refractivity contribution in [3.05, 3.63) is 54.2 Å². The van der Waals surface area contributed by atoms with Crippen LogP contribution in [0.4, 0.5) is 17.7 Å². The number of aryl methyl sites for hydroxylation is 1. The van der Waals surface area contributed by atoms with Gasteiger partial charge in [-0.2, -0.15) is 15.0 Å². The fourth-order valence-electron chi connectivity index (χ4n) is 3.99. The standard InChI is InChI=1S/C23H27N7O/c1-18-5-4-6-19(17-18)21-25-22(27-23(26-21)30-13-15-31-16-14-30)29-11-9-28(10-12-29)20-7-2-3-8-24-20/h2-8,17H,9-16H2,1H3. The first-order valence-electron chi connectivity index (χ1n) is 10.8. The van der Waals surface area contributed by atoms with Crippen molar-refractivity contribution >= 4 is 17.7 Å². The SMILES string of the molecule is Cc1cccc(-c2nc(N3CCOCC3)nc(N3CCN(c4ccccn4)CC3)n2)c1. The van der Waals surface area contributed by atoms with E-state index in [9.17, 15) is 0 Å². The summed E-state index contributed by atoms with van der Waals surface area (Å²) in [6.45, 7) is 8.53. The second-order valence-corrected chi connectivity index (χ2v) is 7.89. The molecule has 2 saturated heterocycles. The maximum Gasteiger partial charge on any atom is 0.230 e. The molecule has 2 aliphatic heterocycles. The van der Waals surface area contributed by atoms with Crippen LogP contribution in [-0.4, -0.2) is 72.4 Å². The van der Waals surface area contributed by atoms with Gasteiger partial charge in [0.2, 0.25) is 11.9 Å². The minimum atomic E-state index is 0.698. The highest BCUT2D eigenvalue weighted by molar-refractivity contribution is 5.60. The number of pyridine rings is 1. The molecule has 0 bridgehead atoms. The third kappa shape index (κ3) is 4.44. The Morgan fingerprint density at radius 3 is 2.13 bits per heavy atom. The summed E-state index contributed by atoms with van der Waals surface area (Å²) in [4.78, 5) is 25.8. The number of morpholine rings is 1. The van der Waals surface area contributed by atoms with Crippen LogP contribution >= 0.6 is 0 Å². The van der Waals surface area contributed by atoms with Gasteiger partial charge in [-0.25, -0.2) is 4.98 Å². The number of hydrogen-bond acceptors (Lipinski definition) is 8. The number of benzene rings is 1. The van der Waals surface area contributed by atoms with Crippen LogP contribution in [-0.2, 0) is 4.74 Å². The van der Waals surface area contributed by atoms with Gasteiger partial charge in [0, 0.05) is 51.0 Å². The van der Waals surface area contributed by atoms with E-state index in [4.69, 9.17) is 19.7 Å². The van der Waals surface area contributed by atoms with E-state index < -0.39 is 0 Å². The van der Waals surface area contributed by atoms with E-state index in [1.165, 1.54) is 5.56 Å². The van der Waals surface area contributed by atoms with Crippen LogP contribution in [0.3, 0.4) is 0 Å². The second-order valence-electron chi connectivity index (χ2n) is 7.89. The lowest BCUT2D eigenvalue weighted by atomic mass is 10.1. The van der Waals surface area contributed by atoms with Gasteiger partial charge < -0.3 is 19.4 Å². The van der Waals surface area contributed by atoms with Crippen molar-refractivity contribution in [1.29, 1.82) is 0 Å². The number of rotatable bonds is 4. The topological polar surface area (TPSA) is 70.5 Å². The van der Waals surface area contributed by atoms with Crippen LogP contribution in [0, 0.1) is 6.92 Å². The smallest absolute Gasteiger partial charge is 0.230 e. The quantitative estimate of drug-likeness (QED) is 0.641. The average molecular weight is 418 g/mol. The fourth-order valence-corrected chi connectivity index (χ4v) is 3.99. The van der Waals surface area contributed by atoms with Crippen LogP contribution in [0.5, 0.6) is 0 Å². The van der Waals surface area contributed by atoms with Gasteiger partial charge in [-0.15, -0.1) is 0 Å². The summed E-state index contributed by atoms with van der Waals surface area (Å²) >= 11 is 0. The number of anilines is 3. The molecular weight excluding hydrogens is 390 g/mol. The summed E-state index contributed by atoms with van der Waals surface area (Å²) in [6, 6.07) is 14.4. The first-order chi connectivity index (χ1) is 15.3. The molecule has 0 radical (unpaired) electrons. The van der Waals surface area contributed by atoms with E-state index in [0.29, 0.717) is 13.2 Å². The molecule has 0 spiro atoms. The van der Waals surface area contributed by atoms with E-state index in [2.05, 4.69) is 50.9 Å². The van der Waals surface area contributed by atoms with Crippen molar-refractivity contribution in [2.75, 3.05) is 67.2 Å². The lowest BCUT2D eigenvalue weighted by molar-refractivity contribution is 0.122. The molecule has 8 nitrogen and oxygen atoms in total. The summed E-state index contributed by atoms with van der Waals surface area (Å²) in [5, 5.41) is 0. The van der Waals surface area contributed by atoms with E-state index in [0.717, 1.165) is 68.4 Å². The molecule has 2 aromatic heterocycles. The van der Waals surface area contributed by atoms with Crippen LogP contribution in [0.1, 0.15) is 5.56 Å². The summed E-state index contributed by atoms with van der Waals surface area (Å²) in [7, 11) is 0. The Kier molecular flexibility index (Phi) is 5.62. The number of piperazine rings is 1. The summed E-state index contributed by atoms with van der Waals surface area (Å²) in [6.07, 6.45) is 1.84. The maximum atomic E-state index is 5.52. The van der Waals surface area contributed by atoms with Crippen molar-refractivity contribution in [3.63, 3.8) is 0 Å². The Morgan fingerprint density at radius 2 is 1.45 bits per heavy atom. The Morgan fingerprint density at radius 1 is 0.742 bits per heavy atom. The summed E-state index contributed by atoms with van der Waals surface area (Å²) in [5.74, 6) is 3.22. The normalized spacial score (nSPS) is 17.1. The molecule has 2 fully saturated rings. The van der Waals surface area contributed by atoms with Gasteiger partial charge in [0.25, 0.3) is 0 Å². The molecule has 0 N–H and O–H groups in total. The van der Waals surface area contributed by atoms with Crippen molar-refractivity contribution in [2.45, 2.75) is 6.92 Å². The van der Waals surface area contributed by atoms with Gasteiger partial charge >= 0.3 is 0 Å². The first-order valence-corrected chi connectivity index (χ1v) is 10.8. The lowest BCUT2D eigenvalue weighted by Gasteiger charge is -2.36. The van der Waals surface area contributed by atoms with Crippen molar-refractivity contribution in [1.82, 2.24) is 19.9 Å². The zero-order chi connectivity index (χ0) is 21.0. The summed E-state index contributed by atoms with van der Waals surface area (Å²) in [5.41, 5.74) is 2.21. The minimum Gasteiger partial charge on any atom is -0.378 e. The van der Waals surface area contributed by atoms with Crippen LogP contribution < -0.4 is 14.7 Å². The number of aromatic nitrogens is 4. The molecule has 0 atom stereocenters. The first kappa shape index (κ1) is 19.7. The fraction of sp³-hybridized carbons (Fsp3) is 0.391. The van der Waals surface area contributed by atoms with Gasteiger partial charge in [-0.3, -0.25) is 0 Å². The predicted octanol–water partition coefficient (Wildman–Crippen LogP) is 2.41. The highest BCUT2D eigenvalue weighted by Crippen LogP contribution is 2.24. The number of ether oxygens (including phenoxy) is 1. The largest absolute Gasteiger partial charge is 0.378 e. The van der Waals surface area contributed by atoms with Crippen molar-refractivity contribution in [2.24, 2.45) is 0 Å².